The largest absolute Gasteiger partial charge is 0.449 e. The number of para-hydroxylation sites is 1. The van der Waals surface area contributed by atoms with Gasteiger partial charge in [-0.25, -0.2) is 13.2 Å². The predicted molar refractivity (Wildman–Crippen MR) is 121 cm³/mol. The van der Waals surface area contributed by atoms with Crippen LogP contribution in [0.4, 0.5) is 5.69 Å². The molecule has 1 aromatic heterocycles. The number of sulfonamides is 1. The van der Waals surface area contributed by atoms with Gasteiger partial charge in [0.25, 0.3) is 15.9 Å². The lowest BCUT2D eigenvalue weighted by atomic mass is 9.99. The minimum Gasteiger partial charge on any atom is -0.449 e. The summed E-state index contributed by atoms with van der Waals surface area (Å²) in [5, 5.41) is 0. The second-order valence-electron chi connectivity index (χ2n) is 7.35. The molecule has 0 bridgehead atoms. The molecule has 2 aromatic rings. The Labute approximate surface area is 191 Å². The summed E-state index contributed by atoms with van der Waals surface area (Å²) in [6.45, 7) is 4.23. The second-order valence-corrected chi connectivity index (χ2v) is 11.0. The van der Waals surface area contributed by atoms with Crippen LogP contribution in [0.2, 0.25) is 4.34 Å². The van der Waals surface area contributed by atoms with Crippen molar-refractivity contribution < 1.29 is 22.7 Å². The van der Waals surface area contributed by atoms with E-state index in [2.05, 4.69) is 4.72 Å². The van der Waals surface area contributed by atoms with E-state index in [4.69, 9.17) is 16.3 Å². The van der Waals surface area contributed by atoms with E-state index >= 15 is 0 Å². The van der Waals surface area contributed by atoms with E-state index in [9.17, 15) is 18.0 Å². The normalized spacial score (nSPS) is 17.8. The van der Waals surface area contributed by atoms with Crippen molar-refractivity contribution in [1.29, 1.82) is 0 Å². The second kappa shape index (κ2) is 10.0. The van der Waals surface area contributed by atoms with E-state index < -0.39 is 22.1 Å². The summed E-state index contributed by atoms with van der Waals surface area (Å²) in [5.41, 5.74) is 0.0974. The zero-order valence-corrected chi connectivity index (χ0v) is 19.7. The van der Waals surface area contributed by atoms with E-state index in [1.165, 1.54) is 24.3 Å². The highest BCUT2D eigenvalue weighted by atomic mass is 35.5. The number of nitrogens with zero attached hydrogens (tertiary/aromatic N) is 1. The van der Waals surface area contributed by atoms with Crippen LogP contribution in [0.3, 0.4) is 0 Å². The first-order chi connectivity index (χ1) is 14.7. The average molecular weight is 485 g/mol. The highest BCUT2D eigenvalue weighted by Crippen LogP contribution is 2.28. The first kappa shape index (κ1) is 23.6. The molecule has 2 heterocycles. The highest BCUT2D eigenvalue weighted by molar-refractivity contribution is 7.94. The van der Waals surface area contributed by atoms with Crippen molar-refractivity contribution >= 4 is 50.5 Å². The number of halogens is 1. The van der Waals surface area contributed by atoms with Crippen LogP contribution < -0.4 is 4.72 Å². The van der Waals surface area contributed by atoms with Crippen molar-refractivity contribution in [3.8, 4) is 0 Å². The minimum absolute atomic E-state index is 0.0269. The van der Waals surface area contributed by atoms with E-state index in [0.717, 1.165) is 37.0 Å². The van der Waals surface area contributed by atoms with Crippen molar-refractivity contribution in [2.75, 3.05) is 11.3 Å². The molecule has 10 heteroatoms. The number of amides is 1. The SMILES string of the molecule is CC[C@@H]1CCCCN1C(=O)[C@@H](C)OC(=O)c1ccccc1NS(=O)(=O)c1ccc(Cl)s1. The molecule has 1 aliphatic heterocycles. The molecule has 1 amide bonds. The molecule has 1 aliphatic rings. The summed E-state index contributed by atoms with van der Waals surface area (Å²) >= 11 is 6.75. The van der Waals surface area contributed by atoms with Gasteiger partial charge in [0.2, 0.25) is 0 Å². The Morgan fingerprint density at radius 2 is 2.00 bits per heavy atom. The molecule has 1 aromatic carbocycles. The predicted octanol–water partition coefficient (Wildman–Crippen LogP) is 4.54. The number of carbonyl (C=O) groups is 2. The topological polar surface area (TPSA) is 92.8 Å². The van der Waals surface area contributed by atoms with E-state index in [0.29, 0.717) is 10.9 Å². The summed E-state index contributed by atoms with van der Waals surface area (Å²) in [5.74, 6) is -1.00. The van der Waals surface area contributed by atoms with Crippen LogP contribution in [0.5, 0.6) is 0 Å². The Morgan fingerprint density at radius 3 is 2.68 bits per heavy atom. The van der Waals surface area contributed by atoms with Crippen molar-refractivity contribution in [2.45, 2.75) is 55.9 Å². The number of thiophene rings is 1. The van der Waals surface area contributed by atoms with Gasteiger partial charge in [0.05, 0.1) is 15.6 Å². The van der Waals surface area contributed by atoms with Crippen LogP contribution in [0.25, 0.3) is 0 Å². The van der Waals surface area contributed by atoms with Crippen LogP contribution in [-0.4, -0.2) is 43.9 Å². The Bertz CT molecular complexity index is 1050. The molecule has 2 atom stereocenters. The third kappa shape index (κ3) is 5.58. The first-order valence-corrected chi connectivity index (χ1v) is 12.8. The van der Waals surface area contributed by atoms with Gasteiger partial charge in [-0.15, -0.1) is 11.3 Å². The Balaban J connectivity index is 1.74. The van der Waals surface area contributed by atoms with Gasteiger partial charge >= 0.3 is 5.97 Å². The van der Waals surface area contributed by atoms with Gasteiger partial charge in [-0.2, -0.15) is 0 Å². The first-order valence-electron chi connectivity index (χ1n) is 10.1. The van der Waals surface area contributed by atoms with E-state index in [1.807, 2.05) is 6.92 Å². The summed E-state index contributed by atoms with van der Waals surface area (Å²) in [6, 6.07) is 9.14. The summed E-state index contributed by atoms with van der Waals surface area (Å²) in [7, 11) is -3.92. The average Bonchev–Trinajstić information content (AvgIpc) is 3.20. The molecular formula is C21H25ClN2O5S2. The lowest BCUT2D eigenvalue weighted by Gasteiger charge is -2.36. The summed E-state index contributed by atoms with van der Waals surface area (Å²) in [6.07, 6.45) is 2.84. The van der Waals surface area contributed by atoms with Crippen molar-refractivity contribution in [2.24, 2.45) is 0 Å². The van der Waals surface area contributed by atoms with Crippen LogP contribution >= 0.6 is 22.9 Å². The minimum atomic E-state index is -3.92. The van der Waals surface area contributed by atoms with Crippen LogP contribution in [0.15, 0.2) is 40.6 Å². The maximum atomic E-state index is 12.9. The summed E-state index contributed by atoms with van der Waals surface area (Å²) in [4.78, 5) is 27.4. The van der Waals surface area contributed by atoms with Gasteiger partial charge in [0.1, 0.15) is 4.21 Å². The highest BCUT2D eigenvalue weighted by Gasteiger charge is 2.31. The molecule has 0 aliphatic carbocycles. The molecule has 1 saturated heterocycles. The summed E-state index contributed by atoms with van der Waals surface area (Å²) < 4.78 is 33.4. The molecule has 3 rings (SSSR count). The molecule has 0 unspecified atom stereocenters. The maximum absolute atomic E-state index is 12.9. The molecule has 0 spiro atoms. The lowest BCUT2D eigenvalue weighted by Crippen LogP contribution is -2.48. The number of hydrogen-bond acceptors (Lipinski definition) is 6. The van der Waals surface area contributed by atoms with Gasteiger partial charge in [-0.1, -0.05) is 30.7 Å². The number of ether oxygens (including phenoxy) is 1. The van der Waals surface area contributed by atoms with Gasteiger partial charge in [0, 0.05) is 12.6 Å². The number of benzene rings is 1. The quantitative estimate of drug-likeness (QED) is 0.582. The fraction of sp³-hybridized carbons (Fsp3) is 0.429. The molecule has 0 radical (unpaired) electrons. The number of nitrogens with one attached hydrogen (secondary N) is 1. The fourth-order valence-electron chi connectivity index (χ4n) is 3.61. The van der Waals surface area contributed by atoms with Crippen molar-refractivity contribution in [3.63, 3.8) is 0 Å². The fourth-order valence-corrected chi connectivity index (χ4v) is 6.17. The standard InChI is InChI=1S/C21H25ClN2O5S2/c1-3-15-8-6-7-13-24(15)20(25)14(2)29-21(26)16-9-4-5-10-17(16)23-31(27,28)19-12-11-18(22)30-19/h4-5,9-12,14-15,23H,3,6-8,13H2,1-2H3/t14-,15-/m1/s1. The third-order valence-corrected chi connectivity index (χ3v) is 8.31. The maximum Gasteiger partial charge on any atom is 0.341 e. The third-order valence-electron chi connectivity index (χ3n) is 5.22. The number of piperidine rings is 1. The van der Waals surface area contributed by atoms with Crippen molar-refractivity contribution in [1.82, 2.24) is 4.90 Å². The molecule has 31 heavy (non-hydrogen) atoms. The van der Waals surface area contributed by atoms with Gasteiger partial charge in [0.15, 0.2) is 6.10 Å². The number of rotatable bonds is 7. The monoisotopic (exact) mass is 484 g/mol. The number of anilines is 1. The van der Waals surface area contributed by atoms with Gasteiger partial charge in [-0.05, 0) is 56.9 Å². The molecular weight excluding hydrogens is 460 g/mol. The molecule has 1 fully saturated rings. The number of esters is 1. The zero-order valence-electron chi connectivity index (χ0n) is 17.3. The van der Waals surface area contributed by atoms with E-state index in [1.54, 1.807) is 24.0 Å². The zero-order chi connectivity index (χ0) is 22.6. The van der Waals surface area contributed by atoms with E-state index in [-0.39, 0.29) is 27.4 Å². The number of carbonyl (C=O) groups excluding carboxylic acids is 2. The van der Waals surface area contributed by atoms with Gasteiger partial charge in [-0.3, -0.25) is 9.52 Å². The Hall–Kier alpha value is -2.10. The lowest BCUT2D eigenvalue weighted by molar-refractivity contribution is -0.143. The Kier molecular flexibility index (Phi) is 7.61. The molecule has 0 saturated carbocycles. The van der Waals surface area contributed by atoms with Crippen LogP contribution in [0, 0.1) is 0 Å². The van der Waals surface area contributed by atoms with Crippen LogP contribution in [-0.2, 0) is 19.6 Å². The smallest absolute Gasteiger partial charge is 0.341 e. The van der Waals surface area contributed by atoms with Crippen LogP contribution in [0.1, 0.15) is 49.9 Å². The molecule has 1 N–H and O–H groups in total. The van der Waals surface area contributed by atoms with Crippen molar-refractivity contribution in [3.05, 3.63) is 46.3 Å². The molecule has 168 valence electrons. The Morgan fingerprint density at radius 1 is 1.26 bits per heavy atom. The number of hydrogen-bond donors (Lipinski definition) is 1. The molecule has 7 nitrogen and oxygen atoms in total. The van der Waals surface area contributed by atoms with Gasteiger partial charge < -0.3 is 9.64 Å². The number of likely N-dealkylation sites (tertiary alicyclic amines) is 1.